The summed E-state index contributed by atoms with van der Waals surface area (Å²) in [6, 6.07) is 14.0. The smallest absolute Gasteiger partial charge is 0.236 e. The number of amides is 1. The largest absolute Gasteiger partial charge is 0.310 e. The van der Waals surface area contributed by atoms with E-state index in [1.54, 1.807) is 6.20 Å². The first kappa shape index (κ1) is 13.8. The molecule has 108 valence electrons. The van der Waals surface area contributed by atoms with Crippen LogP contribution in [-0.2, 0) is 10.2 Å². The molecule has 3 rings (SSSR count). The van der Waals surface area contributed by atoms with Gasteiger partial charge < -0.3 is 5.32 Å². The van der Waals surface area contributed by atoms with Gasteiger partial charge in [-0.1, -0.05) is 49.2 Å². The SMILES string of the molecule is Cc1cccnc1NC(=O)C1(c2ccccc2)CCCC1. The van der Waals surface area contributed by atoms with E-state index in [1.165, 1.54) is 0 Å². The third-order valence-corrected chi connectivity index (χ3v) is 4.46. The van der Waals surface area contributed by atoms with Crippen LogP contribution in [0.25, 0.3) is 0 Å². The summed E-state index contributed by atoms with van der Waals surface area (Å²) in [5.74, 6) is 0.748. The highest BCUT2D eigenvalue weighted by Gasteiger charge is 2.42. The first-order valence-corrected chi connectivity index (χ1v) is 7.51. The molecule has 0 spiro atoms. The van der Waals surface area contributed by atoms with Crippen LogP contribution in [0.15, 0.2) is 48.7 Å². The van der Waals surface area contributed by atoms with Crippen LogP contribution in [-0.4, -0.2) is 10.9 Å². The molecule has 1 aliphatic carbocycles. The predicted octanol–water partition coefficient (Wildman–Crippen LogP) is 3.84. The quantitative estimate of drug-likeness (QED) is 0.928. The third-order valence-electron chi connectivity index (χ3n) is 4.46. The van der Waals surface area contributed by atoms with Gasteiger partial charge >= 0.3 is 0 Å². The van der Waals surface area contributed by atoms with Gasteiger partial charge in [0.15, 0.2) is 0 Å². The number of nitrogens with zero attached hydrogens (tertiary/aromatic N) is 1. The lowest BCUT2D eigenvalue weighted by atomic mass is 9.78. The van der Waals surface area contributed by atoms with E-state index in [2.05, 4.69) is 22.4 Å². The summed E-state index contributed by atoms with van der Waals surface area (Å²) in [6.07, 6.45) is 5.74. The number of benzene rings is 1. The Hall–Kier alpha value is -2.16. The van der Waals surface area contributed by atoms with Crippen molar-refractivity contribution in [2.75, 3.05) is 5.32 Å². The summed E-state index contributed by atoms with van der Waals surface area (Å²) in [5, 5.41) is 3.04. The minimum absolute atomic E-state index is 0.0769. The predicted molar refractivity (Wildman–Crippen MR) is 84.2 cm³/mol. The van der Waals surface area contributed by atoms with Gasteiger partial charge in [0.2, 0.25) is 5.91 Å². The Morgan fingerprint density at radius 2 is 1.81 bits per heavy atom. The zero-order chi connectivity index (χ0) is 14.7. The maximum absolute atomic E-state index is 12.9. The maximum Gasteiger partial charge on any atom is 0.236 e. The molecule has 0 unspecified atom stereocenters. The number of hydrogen-bond acceptors (Lipinski definition) is 2. The van der Waals surface area contributed by atoms with E-state index in [0.29, 0.717) is 5.82 Å². The van der Waals surface area contributed by atoms with E-state index >= 15 is 0 Å². The molecule has 3 heteroatoms. The van der Waals surface area contributed by atoms with Crippen molar-refractivity contribution in [2.24, 2.45) is 0 Å². The lowest BCUT2D eigenvalue weighted by Gasteiger charge is -2.28. The molecule has 1 amide bonds. The van der Waals surface area contributed by atoms with Crippen molar-refractivity contribution < 1.29 is 4.79 Å². The minimum Gasteiger partial charge on any atom is -0.310 e. The molecule has 1 saturated carbocycles. The third kappa shape index (κ3) is 2.56. The zero-order valence-corrected chi connectivity index (χ0v) is 12.3. The zero-order valence-electron chi connectivity index (χ0n) is 12.3. The number of aromatic nitrogens is 1. The van der Waals surface area contributed by atoms with Crippen LogP contribution >= 0.6 is 0 Å². The molecule has 1 heterocycles. The molecule has 0 aliphatic heterocycles. The van der Waals surface area contributed by atoms with Gasteiger partial charge in [0.05, 0.1) is 5.41 Å². The van der Waals surface area contributed by atoms with Crippen LogP contribution in [0.4, 0.5) is 5.82 Å². The Morgan fingerprint density at radius 1 is 1.10 bits per heavy atom. The van der Waals surface area contributed by atoms with Crippen molar-refractivity contribution in [2.45, 2.75) is 38.0 Å². The fraction of sp³-hybridized carbons (Fsp3) is 0.333. The highest BCUT2D eigenvalue weighted by atomic mass is 16.2. The maximum atomic E-state index is 12.9. The minimum atomic E-state index is -0.398. The number of nitrogens with one attached hydrogen (secondary N) is 1. The first-order valence-electron chi connectivity index (χ1n) is 7.51. The van der Waals surface area contributed by atoms with Gasteiger partial charge in [0.25, 0.3) is 0 Å². The Morgan fingerprint density at radius 3 is 2.48 bits per heavy atom. The molecule has 2 aromatic rings. The molecule has 1 aliphatic rings. The van der Waals surface area contributed by atoms with Gasteiger partial charge in [0.1, 0.15) is 5.82 Å². The van der Waals surface area contributed by atoms with Crippen LogP contribution in [0.2, 0.25) is 0 Å². The summed E-state index contributed by atoms with van der Waals surface area (Å²) < 4.78 is 0. The van der Waals surface area contributed by atoms with E-state index in [1.807, 2.05) is 37.3 Å². The molecular weight excluding hydrogens is 260 g/mol. The summed E-state index contributed by atoms with van der Waals surface area (Å²) in [7, 11) is 0. The van der Waals surface area contributed by atoms with Gasteiger partial charge in [-0.2, -0.15) is 0 Å². The molecule has 1 aromatic heterocycles. The molecule has 0 atom stereocenters. The average molecular weight is 280 g/mol. The molecule has 21 heavy (non-hydrogen) atoms. The molecule has 0 saturated heterocycles. The van der Waals surface area contributed by atoms with Gasteiger partial charge in [-0.15, -0.1) is 0 Å². The Balaban J connectivity index is 1.92. The van der Waals surface area contributed by atoms with E-state index in [4.69, 9.17) is 0 Å². The van der Waals surface area contributed by atoms with E-state index in [0.717, 1.165) is 36.8 Å². The lowest BCUT2D eigenvalue weighted by molar-refractivity contribution is -0.121. The average Bonchev–Trinajstić information content (AvgIpc) is 3.01. The van der Waals surface area contributed by atoms with Crippen molar-refractivity contribution in [1.29, 1.82) is 0 Å². The summed E-state index contributed by atoms with van der Waals surface area (Å²) in [4.78, 5) is 17.2. The van der Waals surface area contributed by atoms with Crippen molar-refractivity contribution in [1.82, 2.24) is 4.98 Å². The highest BCUT2D eigenvalue weighted by molar-refractivity contribution is 5.99. The molecule has 3 nitrogen and oxygen atoms in total. The topological polar surface area (TPSA) is 42.0 Å². The van der Waals surface area contributed by atoms with Crippen molar-refractivity contribution in [3.8, 4) is 0 Å². The van der Waals surface area contributed by atoms with E-state index in [-0.39, 0.29) is 5.91 Å². The summed E-state index contributed by atoms with van der Waals surface area (Å²) >= 11 is 0. The van der Waals surface area contributed by atoms with Gasteiger partial charge in [-0.05, 0) is 37.0 Å². The Bertz CT molecular complexity index is 631. The number of carbonyl (C=O) groups excluding carboxylic acids is 1. The lowest BCUT2D eigenvalue weighted by Crippen LogP contribution is -2.38. The second-order valence-corrected chi connectivity index (χ2v) is 5.78. The number of pyridine rings is 1. The molecule has 0 radical (unpaired) electrons. The van der Waals surface area contributed by atoms with Crippen molar-refractivity contribution in [3.63, 3.8) is 0 Å². The van der Waals surface area contributed by atoms with Crippen LogP contribution in [0.1, 0.15) is 36.8 Å². The number of carbonyl (C=O) groups is 1. The Kier molecular flexibility index (Phi) is 3.74. The van der Waals surface area contributed by atoms with Crippen LogP contribution in [0, 0.1) is 6.92 Å². The van der Waals surface area contributed by atoms with E-state index in [9.17, 15) is 4.79 Å². The summed E-state index contributed by atoms with van der Waals surface area (Å²) in [6.45, 7) is 1.96. The van der Waals surface area contributed by atoms with Crippen LogP contribution in [0.3, 0.4) is 0 Å². The first-order chi connectivity index (χ1) is 10.2. The normalized spacial score (nSPS) is 16.6. The van der Waals surface area contributed by atoms with Crippen molar-refractivity contribution in [3.05, 3.63) is 59.8 Å². The molecule has 0 bridgehead atoms. The number of anilines is 1. The van der Waals surface area contributed by atoms with Gasteiger partial charge in [-0.3, -0.25) is 4.79 Å². The standard InChI is InChI=1S/C18H20N2O/c1-14-8-7-13-19-16(14)20-17(21)18(11-5-6-12-18)15-9-3-2-4-10-15/h2-4,7-10,13H,5-6,11-12H2,1H3,(H,19,20,21). The molecule has 1 fully saturated rings. The van der Waals surface area contributed by atoms with Crippen LogP contribution in [0.5, 0.6) is 0 Å². The number of aryl methyl sites for hydroxylation is 1. The number of rotatable bonds is 3. The number of hydrogen-bond donors (Lipinski definition) is 1. The summed E-state index contributed by atoms with van der Waals surface area (Å²) in [5.41, 5.74) is 1.71. The second-order valence-electron chi connectivity index (χ2n) is 5.78. The van der Waals surface area contributed by atoms with Gasteiger partial charge in [-0.25, -0.2) is 4.98 Å². The molecule has 1 N–H and O–H groups in total. The highest BCUT2D eigenvalue weighted by Crippen LogP contribution is 2.42. The van der Waals surface area contributed by atoms with Gasteiger partial charge in [0, 0.05) is 6.20 Å². The van der Waals surface area contributed by atoms with Crippen molar-refractivity contribution >= 4 is 11.7 Å². The van der Waals surface area contributed by atoms with Crippen LogP contribution < -0.4 is 5.32 Å². The molecular formula is C18H20N2O. The second kappa shape index (κ2) is 5.68. The fourth-order valence-electron chi connectivity index (χ4n) is 3.23. The molecule has 1 aromatic carbocycles. The monoisotopic (exact) mass is 280 g/mol. The Labute approximate surface area is 125 Å². The van der Waals surface area contributed by atoms with E-state index < -0.39 is 5.41 Å². The fourth-order valence-corrected chi connectivity index (χ4v) is 3.23.